The molecule has 0 aliphatic rings. The van der Waals surface area contributed by atoms with Gasteiger partial charge in [-0.2, -0.15) is 5.26 Å². The van der Waals surface area contributed by atoms with Crippen LogP contribution in [-0.4, -0.2) is 11.6 Å². The number of anilines is 1. The standard InChI is InChI=1S/C16H16ClN3O/c1-2-7-21-16-6-3-12(11-20-16)10-19-14-5-4-13(9-18)15(17)8-14/h3-6,8,11,19H,2,7,10H2,1H3. The highest BCUT2D eigenvalue weighted by Gasteiger charge is 2.01. The Morgan fingerprint density at radius 2 is 2.19 bits per heavy atom. The van der Waals surface area contributed by atoms with Gasteiger partial charge in [-0.1, -0.05) is 24.6 Å². The highest BCUT2D eigenvalue weighted by Crippen LogP contribution is 2.20. The number of aromatic nitrogens is 1. The fourth-order valence-corrected chi connectivity index (χ4v) is 1.95. The van der Waals surface area contributed by atoms with Crippen molar-refractivity contribution in [2.24, 2.45) is 0 Å². The van der Waals surface area contributed by atoms with Crippen LogP contribution in [0.15, 0.2) is 36.5 Å². The van der Waals surface area contributed by atoms with E-state index in [0.29, 0.717) is 29.6 Å². The first kappa shape index (κ1) is 15.1. The summed E-state index contributed by atoms with van der Waals surface area (Å²) in [4.78, 5) is 4.24. The molecule has 0 saturated carbocycles. The topological polar surface area (TPSA) is 57.9 Å². The van der Waals surface area contributed by atoms with Crippen molar-refractivity contribution in [3.8, 4) is 11.9 Å². The third-order valence-corrected chi connectivity index (χ3v) is 3.15. The molecule has 5 heteroatoms. The molecule has 1 heterocycles. The molecule has 0 aliphatic carbocycles. The lowest BCUT2D eigenvalue weighted by Crippen LogP contribution is -2.01. The van der Waals surface area contributed by atoms with E-state index in [1.165, 1.54) is 0 Å². The highest BCUT2D eigenvalue weighted by atomic mass is 35.5. The number of nitriles is 1. The summed E-state index contributed by atoms with van der Waals surface area (Å²) in [6, 6.07) is 11.1. The van der Waals surface area contributed by atoms with Crippen LogP contribution in [0.2, 0.25) is 5.02 Å². The second kappa shape index (κ2) is 7.51. The molecular weight excluding hydrogens is 286 g/mol. The molecule has 0 amide bonds. The summed E-state index contributed by atoms with van der Waals surface area (Å²) < 4.78 is 5.43. The van der Waals surface area contributed by atoms with Gasteiger partial charge in [0.1, 0.15) is 6.07 Å². The molecule has 0 bridgehead atoms. The number of hydrogen-bond donors (Lipinski definition) is 1. The molecule has 1 N–H and O–H groups in total. The quantitative estimate of drug-likeness (QED) is 0.876. The number of rotatable bonds is 6. The van der Waals surface area contributed by atoms with E-state index in [-0.39, 0.29) is 0 Å². The summed E-state index contributed by atoms with van der Waals surface area (Å²) in [5.74, 6) is 0.641. The summed E-state index contributed by atoms with van der Waals surface area (Å²) in [7, 11) is 0. The van der Waals surface area contributed by atoms with E-state index in [2.05, 4.69) is 17.2 Å². The Kier molecular flexibility index (Phi) is 5.42. The summed E-state index contributed by atoms with van der Waals surface area (Å²) in [6.45, 7) is 3.36. The maximum Gasteiger partial charge on any atom is 0.213 e. The van der Waals surface area contributed by atoms with Crippen molar-refractivity contribution in [3.05, 3.63) is 52.7 Å². The number of nitrogens with one attached hydrogen (secondary N) is 1. The maximum atomic E-state index is 8.83. The van der Waals surface area contributed by atoms with E-state index in [1.54, 1.807) is 18.3 Å². The molecule has 0 unspecified atom stereocenters. The van der Waals surface area contributed by atoms with Crippen LogP contribution in [0.25, 0.3) is 0 Å². The molecular formula is C16H16ClN3O. The van der Waals surface area contributed by atoms with Crippen molar-refractivity contribution in [3.63, 3.8) is 0 Å². The van der Waals surface area contributed by atoms with Crippen LogP contribution >= 0.6 is 11.6 Å². The van der Waals surface area contributed by atoms with Crippen LogP contribution in [0, 0.1) is 11.3 Å². The minimum Gasteiger partial charge on any atom is -0.478 e. The van der Waals surface area contributed by atoms with Gasteiger partial charge in [0.2, 0.25) is 5.88 Å². The van der Waals surface area contributed by atoms with Crippen molar-refractivity contribution in [1.29, 1.82) is 5.26 Å². The van der Waals surface area contributed by atoms with Crippen LogP contribution in [0.3, 0.4) is 0 Å². The van der Waals surface area contributed by atoms with Gasteiger partial charge in [-0.05, 0) is 30.2 Å². The second-order valence-corrected chi connectivity index (χ2v) is 4.92. The Morgan fingerprint density at radius 1 is 1.33 bits per heavy atom. The smallest absolute Gasteiger partial charge is 0.213 e. The van der Waals surface area contributed by atoms with Gasteiger partial charge in [0.15, 0.2) is 0 Å². The molecule has 0 saturated heterocycles. The Labute approximate surface area is 129 Å². The number of halogens is 1. The SMILES string of the molecule is CCCOc1ccc(CNc2ccc(C#N)c(Cl)c2)cn1. The average Bonchev–Trinajstić information content (AvgIpc) is 2.52. The summed E-state index contributed by atoms with van der Waals surface area (Å²) in [6.07, 6.45) is 2.74. The Balaban J connectivity index is 1.93. The number of ether oxygens (including phenoxy) is 1. The average molecular weight is 302 g/mol. The van der Waals surface area contributed by atoms with Crippen molar-refractivity contribution in [2.75, 3.05) is 11.9 Å². The van der Waals surface area contributed by atoms with Crippen LogP contribution in [-0.2, 0) is 6.54 Å². The van der Waals surface area contributed by atoms with E-state index in [4.69, 9.17) is 21.6 Å². The van der Waals surface area contributed by atoms with Gasteiger partial charge in [0.05, 0.1) is 17.2 Å². The molecule has 0 radical (unpaired) electrons. The number of pyridine rings is 1. The third-order valence-electron chi connectivity index (χ3n) is 2.84. The molecule has 0 atom stereocenters. The normalized spacial score (nSPS) is 9.95. The highest BCUT2D eigenvalue weighted by molar-refractivity contribution is 6.32. The molecule has 108 valence electrons. The molecule has 1 aromatic carbocycles. The Morgan fingerprint density at radius 3 is 2.81 bits per heavy atom. The summed E-state index contributed by atoms with van der Waals surface area (Å²) >= 11 is 5.99. The van der Waals surface area contributed by atoms with Crippen LogP contribution in [0.1, 0.15) is 24.5 Å². The zero-order chi connectivity index (χ0) is 15.1. The number of benzene rings is 1. The Hall–Kier alpha value is -2.25. The second-order valence-electron chi connectivity index (χ2n) is 4.51. The van der Waals surface area contributed by atoms with E-state index in [0.717, 1.165) is 17.7 Å². The molecule has 0 spiro atoms. The van der Waals surface area contributed by atoms with Gasteiger partial charge in [-0.3, -0.25) is 0 Å². The van der Waals surface area contributed by atoms with Crippen LogP contribution < -0.4 is 10.1 Å². The summed E-state index contributed by atoms with van der Waals surface area (Å²) in [5, 5.41) is 12.5. The van der Waals surface area contributed by atoms with Crippen LogP contribution in [0.4, 0.5) is 5.69 Å². The van der Waals surface area contributed by atoms with Crippen molar-refractivity contribution in [1.82, 2.24) is 4.98 Å². The first-order valence-electron chi connectivity index (χ1n) is 6.74. The zero-order valence-corrected chi connectivity index (χ0v) is 12.5. The lowest BCUT2D eigenvalue weighted by Gasteiger charge is -2.08. The van der Waals surface area contributed by atoms with Gasteiger partial charge < -0.3 is 10.1 Å². The van der Waals surface area contributed by atoms with Gasteiger partial charge in [0.25, 0.3) is 0 Å². The van der Waals surface area contributed by atoms with Crippen molar-refractivity contribution in [2.45, 2.75) is 19.9 Å². The van der Waals surface area contributed by atoms with Gasteiger partial charge in [-0.25, -0.2) is 4.98 Å². The largest absolute Gasteiger partial charge is 0.478 e. The van der Waals surface area contributed by atoms with Crippen molar-refractivity contribution < 1.29 is 4.74 Å². The lowest BCUT2D eigenvalue weighted by atomic mass is 10.2. The third kappa shape index (κ3) is 4.37. The number of hydrogen-bond acceptors (Lipinski definition) is 4. The lowest BCUT2D eigenvalue weighted by molar-refractivity contribution is 0.305. The van der Waals surface area contributed by atoms with E-state index < -0.39 is 0 Å². The predicted octanol–water partition coefficient (Wildman–Crippen LogP) is 4.01. The molecule has 2 aromatic rings. The first-order chi connectivity index (χ1) is 10.2. The molecule has 0 fully saturated rings. The fraction of sp³-hybridized carbons (Fsp3) is 0.250. The van der Waals surface area contributed by atoms with Crippen molar-refractivity contribution >= 4 is 17.3 Å². The fourth-order valence-electron chi connectivity index (χ4n) is 1.73. The molecule has 2 rings (SSSR count). The minimum atomic E-state index is 0.448. The maximum absolute atomic E-state index is 8.83. The molecule has 0 aliphatic heterocycles. The monoisotopic (exact) mass is 301 g/mol. The first-order valence-corrected chi connectivity index (χ1v) is 7.12. The Bertz CT molecular complexity index is 635. The number of nitrogens with zero attached hydrogens (tertiary/aromatic N) is 2. The molecule has 1 aromatic heterocycles. The van der Waals surface area contributed by atoms with E-state index in [9.17, 15) is 0 Å². The van der Waals surface area contributed by atoms with E-state index >= 15 is 0 Å². The van der Waals surface area contributed by atoms with Gasteiger partial charge >= 0.3 is 0 Å². The predicted molar refractivity (Wildman–Crippen MR) is 83.5 cm³/mol. The summed E-state index contributed by atoms with van der Waals surface area (Å²) in [5.41, 5.74) is 2.38. The van der Waals surface area contributed by atoms with E-state index in [1.807, 2.05) is 24.3 Å². The van der Waals surface area contributed by atoms with Crippen LogP contribution in [0.5, 0.6) is 5.88 Å². The molecule has 21 heavy (non-hydrogen) atoms. The zero-order valence-electron chi connectivity index (χ0n) is 11.8. The molecule has 4 nitrogen and oxygen atoms in total. The minimum absolute atomic E-state index is 0.448. The van der Waals surface area contributed by atoms with Gasteiger partial charge in [-0.15, -0.1) is 0 Å². The van der Waals surface area contributed by atoms with Gasteiger partial charge in [0, 0.05) is 24.5 Å².